The first-order chi connectivity index (χ1) is 11.7. The first kappa shape index (κ1) is 16.4. The maximum Gasteiger partial charge on any atom is 0.225 e. The number of nitrogens with one attached hydrogen (secondary N) is 2. The summed E-state index contributed by atoms with van der Waals surface area (Å²) in [5.74, 6) is 1.31. The molecule has 0 unspecified atom stereocenters. The van der Waals surface area contributed by atoms with Gasteiger partial charge in [0.25, 0.3) is 0 Å². The van der Waals surface area contributed by atoms with Crippen molar-refractivity contribution in [2.75, 3.05) is 17.2 Å². The van der Waals surface area contributed by atoms with Crippen molar-refractivity contribution in [3.63, 3.8) is 0 Å². The molecule has 1 aromatic carbocycles. The van der Waals surface area contributed by atoms with Crippen molar-refractivity contribution < 1.29 is 0 Å². The number of benzene rings is 1. The van der Waals surface area contributed by atoms with Crippen molar-refractivity contribution in [1.82, 2.24) is 15.0 Å². The Morgan fingerprint density at radius 1 is 1.04 bits per heavy atom. The van der Waals surface area contributed by atoms with Crippen LogP contribution in [-0.4, -0.2) is 21.5 Å². The van der Waals surface area contributed by atoms with E-state index >= 15 is 0 Å². The van der Waals surface area contributed by atoms with Crippen LogP contribution in [0.25, 0.3) is 11.4 Å². The second-order valence-corrected chi connectivity index (χ2v) is 6.15. The van der Waals surface area contributed by atoms with E-state index in [1.54, 1.807) is 6.20 Å². The van der Waals surface area contributed by atoms with Crippen LogP contribution in [0.1, 0.15) is 12.5 Å². The number of halogens is 1. The number of hydrogen-bond acceptors (Lipinski definition) is 5. The van der Waals surface area contributed by atoms with Gasteiger partial charge in [0.2, 0.25) is 5.95 Å². The molecule has 2 N–H and O–H groups in total. The minimum absolute atomic E-state index is 0.581. The lowest BCUT2D eigenvalue weighted by molar-refractivity contribution is 1.08. The molecule has 2 aromatic heterocycles. The summed E-state index contributed by atoms with van der Waals surface area (Å²) in [7, 11) is 0. The third-order valence-electron chi connectivity index (χ3n) is 3.42. The van der Waals surface area contributed by atoms with Crippen molar-refractivity contribution in [1.29, 1.82) is 0 Å². The summed E-state index contributed by atoms with van der Waals surface area (Å²) in [6.45, 7) is 4.82. The quantitative estimate of drug-likeness (QED) is 0.663. The standard InChI is InChI=1S/C18H18BrN5/c1-3-20-18-23-16(15-6-4-5-9-21-15)11-17(24-18)22-13-7-8-14(19)12(2)10-13/h4-11H,3H2,1-2H3,(H2,20,22,23,24). The Labute approximate surface area is 149 Å². The lowest BCUT2D eigenvalue weighted by atomic mass is 10.2. The number of nitrogens with zero attached hydrogens (tertiary/aromatic N) is 3. The average Bonchev–Trinajstić information content (AvgIpc) is 2.59. The number of hydrogen-bond donors (Lipinski definition) is 2. The molecular formula is C18H18BrN5. The smallest absolute Gasteiger partial charge is 0.225 e. The highest BCUT2D eigenvalue weighted by molar-refractivity contribution is 9.10. The maximum atomic E-state index is 4.53. The lowest BCUT2D eigenvalue weighted by Gasteiger charge is -2.11. The van der Waals surface area contributed by atoms with Gasteiger partial charge in [-0.2, -0.15) is 4.98 Å². The van der Waals surface area contributed by atoms with E-state index in [1.807, 2.05) is 43.3 Å². The Balaban J connectivity index is 1.97. The van der Waals surface area contributed by atoms with Gasteiger partial charge >= 0.3 is 0 Å². The predicted octanol–water partition coefficient (Wildman–Crippen LogP) is 4.78. The maximum absolute atomic E-state index is 4.53. The molecule has 5 nitrogen and oxygen atoms in total. The molecule has 0 bridgehead atoms. The third-order valence-corrected chi connectivity index (χ3v) is 4.31. The Bertz CT molecular complexity index is 836. The third kappa shape index (κ3) is 3.89. The minimum Gasteiger partial charge on any atom is -0.354 e. The Hall–Kier alpha value is -2.47. The zero-order valence-corrected chi connectivity index (χ0v) is 15.1. The molecule has 3 aromatic rings. The van der Waals surface area contributed by atoms with E-state index in [1.165, 1.54) is 0 Å². The van der Waals surface area contributed by atoms with Crippen LogP contribution in [0.15, 0.2) is 53.1 Å². The molecule has 3 rings (SSSR count). The summed E-state index contributed by atoms with van der Waals surface area (Å²) in [4.78, 5) is 13.4. The Morgan fingerprint density at radius 3 is 2.62 bits per heavy atom. The molecule has 24 heavy (non-hydrogen) atoms. The van der Waals surface area contributed by atoms with Gasteiger partial charge in [-0.05, 0) is 49.7 Å². The second-order valence-electron chi connectivity index (χ2n) is 5.30. The summed E-state index contributed by atoms with van der Waals surface area (Å²) < 4.78 is 1.08. The van der Waals surface area contributed by atoms with Gasteiger partial charge in [0.15, 0.2) is 0 Å². The zero-order chi connectivity index (χ0) is 16.9. The summed E-state index contributed by atoms with van der Waals surface area (Å²) in [5, 5.41) is 6.51. The van der Waals surface area contributed by atoms with Gasteiger partial charge < -0.3 is 10.6 Å². The highest BCUT2D eigenvalue weighted by Crippen LogP contribution is 2.25. The lowest BCUT2D eigenvalue weighted by Crippen LogP contribution is -2.05. The fourth-order valence-electron chi connectivity index (χ4n) is 2.26. The van der Waals surface area contributed by atoms with E-state index < -0.39 is 0 Å². The van der Waals surface area contributed by atoms with Gasteiger partial charge in [-0.15, -0.1) is 0 Å². The number of aromatic nitrogens is 3. The van der Waals surface area contributed by atoms with Crippen molar-refractivity contribution in [3.05, 3.63) is 58.7 Å². The van der Waals surface area contributed by atoms with Crippen LogP contribution in [0.4, 0.5) is 17.5 Å². The SMILES string of the molecule is CCNc1nc(Nc2ccc(Br)c(C)c2)cc(-c2ccccn2)n1. The fraction of sp³-hybridized carbons (Fsp3) is 0.167. The Kier molecular flexibility index (Phi) is 5.05. The largest absolute Gasteiger partial charge is 0.354 e. The van der Waals surface area contributed by atoms with Crippen molar-refractivity contribution in [3.8, 4) is 11.4 Å². The van der Waals surface area contributed by atoms with Crippen LogP contribution in [0.3, 0.4) is 0 Å². The number of rotatable bonds is 5. The van der Waals surface area contributed by atoms with Crippen molar-refractivity contribution in [2.45, 2.75) is 13.8 Å². The predicted molar refractivity (Wildman–Crippen MR) is 102 cm³/mol. The van der Waals surface area contributed by atoms with E-state index in [2.05, 4.69) is 54.5 Å². The van der Waals surface area contributed by atoms with E-state index in [0.29, 0.717) is 5.95 Å². The van der Waals surface area contributed by atoms with Gasteiger partial charge in [0, 0.05) is 29.0 Å². The summed E-state index contributed by atoms with van der Waals surface area (Å²) in [6, 6.07) is 13.8. The minimum atomic E-state index is 0.581. The molecule has 0 spiro atoms. The molecule has 122 valence electrons. The highest BCUT2D eigenvalue weighted by atomic mass is 79.9. The van der Waals surface area contributed by atoms with Crippen LogP contribution >= 0.6 is 15.9 Å². The second kappa shape index (κ2) is 7.40. The van der Waals surface area contributed by atoms with Crippen LogP contribution in [0, 0.1) is 6.92 Å². The monoisotopic (exact) mass is 383 g/mol. The normalized spacial score (nSPS) is 10.5. The number of pyridine rings is 1. The van der Waals surface area contributed by atoms with Crippen LogP contribution < -0.4 is 10.6 Å². The van der Waals surface area contributed by atoms with Gasteiger partial charge in [-0.25, -0.2) is 4.98 Å². The van der Waals surface area contributed by atoms with E-state index in [9.17, 15) is 0 Å². The van der Waals surface area contributed by atoms with Gasteiger partial charge in [0.05, 0.1) is 11.4 Å². The highest BCUT2D eigenvalue weighted by Gasteiger charge is 2.08. The molecule has 0 atom stereocenters. The van der Waals surface area contributed by atoms with Crippen molar-refractivity contribution >= 4 is 33.4 Å². The van der Waals surface area contributed by atoms with Crippen molar-refractivity contribution in [2.24, 2.45) is 0 Å². The van der Waals surface area contributed by atoms with Gasteiger partial charge in [0.1, 0.15) is 5.82 Å². The summed E-state index contributed by atoms with van der Waals surface area (Å²) >= 11 is 3.52. The van der Waals surface area contributed by atoms with Gasteiger partial charge in [-0.3, -0.25) is 4.98 Å². The molecule has 0 saturated heterocycles. The molecule has 0 aliphatic carbocycles. The first-order valence-corrected chi connectivity index (χ1v) is 8.52. The molecular weight excluding hydrogens is 366 g/mol. The summed E-state index contributed by atoms with van der Waals surface area (Å²) in [6.07, 6.45) is 1.76. The van der Waals surface area contributed by atoms with E-state index in [-0.39, 0.29) is 0 Å². The zero-order valence-electron chi connectivity index (χ0n) is 13.5. The Morgan fingerprint density at radius 2 is 1.92 bits per heavy atom. The van der Waals surface area contributed by atoms with E-state index in [4.69, 9.17) is 0 Å². The molecule has 0 aliphatic heterocycles. The fourth-order valence-corrected chi connectivity index (χ4v) is 2.51. The number of anilines is 3. The molecule has 0 saturated carbocycles. The van der Waals surface area contributed by atoms with Crippen LogP contribution in [-0.2, 0) is 0 Å². The first-order valence-electron chi connectivity index (χ1n) is 7.73. The average molecular weight is 384 g/mol. The summed E-state index contributed by atoms with van der Waals surface area (Å²) in [5.41, 5.74) is 3.72. The molecule has 2 heterocycles. The van der Waals surface area contributed by atoms with Crippen LogP contribution in [0.5, 0.6) is 0 Å². The number of aryl methyl sites for hydroxylation is 1. The molecule has 0 fully saturated rings. The van der Waals surface area contributed by atoms with E-state index in [0.717, 1.165) is 39.5 Å². The molecule has 0 amide bonds. The van der Waals surface area contributed by atoms with Crippen LogP contribution in [0.2, 0.25) is 0 Å². The molecule has 0 aliphatic rings. The molecule has 0 radical (unpaired) electrons. The molecule has 6 heteroatoms. The van der Waals surface area contributed by atoms with Gasteiger partial charge in [-0.1, -0.05) is 22.0 Å². The topological polar surface area (TPSA) is 62.7 Å².